The van der Waals surface area contributed by atoms with Crippen LogP contribution in [0.4, 0.5) is 0 Å². The van der Waals surface area contributed by atoms with Gasteiger partial charge in [0.2, 0.25) is 0 Å². The highest BCUT2D eigenvalue weighted by Crippen LogP contribution is 2.39. The molecule has 1 nitrogen and oxygen atoms in total. The summed E-state index contributed by atoms with van der Waals surface area (Å²) >= 11 is 0. The molecule has 2 aliphatic rings. The van der Waals surface area contributed by atoms with Gasteiger partial charge in [0, 0.05) is 13.1 Å². The van der Waals surface area contributed by atoms with Gasteiger partial charge in [-0.15, -0.1) is 0 Å². The number of rotatable bonds is 0. The summed E-state index contributed by atoms with van der Waals surface area (Å²) in [7, 11) is 0. The lowest BCUT2D eigenvalue weighted by Gasteiger charge is -2.38. The summed E-state index contributed by atoms with van der Waals surface area (Å²) in [5.41, 5.74) is 0.529. The van der Waals surface area contributed by atoms with Crippen molar-refractivity contribution in [2.75, 3.05) is 19.6 Å². The van der Waals surface area contributed by atoms with Crippen LogP contribution in [0.1, 0.15) is 33.6 Å². The van der Waals surface area contributed by atoms with Crippen molar-refractivity contribution in [2.45, 2.75) is 33.6 Å². The minimum atomic E-state index is 0.529. The molecule has 0 spiro atoms. The predicted octanol–water partition coefficient (Wildman–Crippen LogP) is 2.37. The van der Waals surface area contributed by atoms with E-state index in [0.717, 1.165) is 11.8 Å². The van der Waals surface area contributed by atoms with Gasteiger partial charge in [-0.2, -0.15) is 0 Å². The molecular weight excluding hydrogens is 146 g/mol. The first-order valence-electron chi connectivity index (χ1n) is 5.28. The molecule has 0 aromatic rings. The van der Waals surface area contributed by atoms with Gasteiger partial charge in [0.15, 0.2) is 0 Å². The van der Waals surface area contributed by atoms with Crippen molar-refractivity contribution in [2.24, 2.45) is 17.3 Å². The molecule has 2 aliphatic heterocycles. The van der Waals surface area contributed by atoms with Crippen molar-refractivity contribution >= 4 is 0 Å². The average Bonchev–Trinajstić information content (AvgIpc) is 2.28. The highest BCUT2D eigenvalue weighted by molar-refractivity contribution is 4.89. The van der Waals surface area contributed by atoms with Crippen LogP contribution in [0.2, 0.25) is 0 Å². The Morgan fingerprint density at radius 1 is 1.17 bits per heavy atom. The van der Waals surface area contributed by atoms with Crippen molar-refractivity contribution in [3.63, 3.8) is 0 Å². The fourth-order valence-corrected chi connectivity index (χ4v) is 2.69. The highest BCUT2D eigenvalue weighted by Gasteiger charge is 2.37. The first-order valence-corrected chi connectivity index (χ1v) is 5.28. The van der Waals surface area contributed by atoms with E-state index in [1.165, 1.54) is 32.5 Å². The van der Waals surface area contributed by atoms with Gasteiger partial charge in [-0.1, -0.05) is 20.8 Å². The van der Waals surface area contributed by atoms with Crippen LogP contribution < -0.4 is 0 Å². The Morgan fingerprint density at radius 2 is 1.92 bits per heavy atom. The van der Waals surface area contributed by atoms with E-state index in [-0.39, 0.29) is 0 Å². The van der Waals surface area contributed by atoms with Gasteiger partial charge in [0.1, 0.15) is 0 Å². The van der Waals surface area contributed by atoms with E-state index in [2.05, 4.69) is 25.7 Å². The zero-order valence-electron chi connectivity index (χ0n) is 8.64. The smallest absolute Gasteiger partial charge is 0.00149 e. The zero-order valence-corrected chi connectivity index (χ0v) is 8.64. The molecule has 0 aromatic carbocycles. The number of hydrogen-bond donors (Lipinski definition) is 0. The highest BCUT2D eigenvalue weighted by atomic mass is 15.2. The first kappa shape index (κ1) is 8.55. The molecule has 2 heterocycles. The third kappa shape index (κ3) is 1.52. The molecule has 12 heavy (non-hydrogen) atoms. The topological polar surface area (TPSA) is 3.24 Å². The molecule has 70 valence electrons. The van der Waals surface area contributed by atoms with Crippen LogP contribution in [-0.4, -0.2) is 24.5 Å². The molecule has 0 radical (unpaired) electrons. The Balaban J connectivity index is 2.03. The second-order valence-corrected chi connectivity index (χ2v) is 5.71. The Labute approximate surface area is 76.1 Å². The molecule has 0 amide bonds. The third-order valence-corrected chi connectivity index (χ3v) is 3.69. The molecule has 3 atom stereocenters. The Bertz CT molecular complexity index is 156. The van der Waals surface area contributed by atoms with E-state index in [1.54, 1.807) is 0 Å². The largest absolute Gasteiger partial charge is 0.303 e. The number of nitrogens with zero attached hydrogens (tertiary/aromatic N) is 1. The minimum Gasteiger partial charge on any atom is -0.303 e. The maximum atomic E-state index is 2.66. The lowest BCUT2D eigenvalue weighted by molar-refractivity contribution is 0.111. The summed E-state index contributed by atoms with van der Waals surface area (Å²) in [6.07, 6.45) is 2.95. The van der Waals surface area contributed by atoms with Gasteiger partial charge in [-0.25, -0.2) is 0 Å². The second kappa shape index (κ2) is 2.73. The first-order chi connectivity index (χ1) is 5.55. The number of fused-ring (bicyclic) bond motifs is 2. The van der Waals surface area contributed by atoms with E-state index in [4.69, 9.17) is 0 Å². The number of piperidine rings is 1. The van der Waals surface area contributed by atoms with Crippen molar-refractivity contribution in [1.29, 1.82) is 0 Å². The van der Waals surface area contributed by atoms with Gasteiger partial charge in [0.25, 0.3) is 0 Å². The van der Waals surface area contributed by atoms with Gasteiger partial charge in [-0.05, 0) is 36.6 Å². The summed E-state index contributed by atoms with van der Waals surface area (Å²) < 4.78 is 0. The summed E-state index contributed by atoms with van der Waals surface area (Å²) in [5, 5.41) is 0. The average molecular weight is 167 g/mol. The van der Waals surface area contributed by atoms with Crippen molar-refractivity contribution < 1.29 is 0 Å². The van der Waals surface area contributed by atoms with Crippen LogP contribution in [0.3, 0.4) is 0 Å². The van der Waals surface area contributed by atoms with Crippen molar-refractivity contribution in [3.8, 4) is 0 Å². The van der Waals surface area contributed by atoms with Crippen LogP contribution >= 0.6 is 0 Å². The molecule has 0 aromatic heterocycles. The second-order valence-electron chi connectivity index (χ2n) is 5.71. The molecule has 2 saturated heterocycles. The van der Waals surface area contributed by atoms with Crippen LogP contribution in [0.15, 0.2) is 0 Å². The molecule has 2 rings (SSSR count). The molecule has 0 aliphatic carbocycles. The Morgan fingerprint density at radius 3 is 2.50 bits per heavy atom. The lowest BCUT2D eigenvalue weighted by atomic mass is 9.74. The SMILES string of the molecule is CC(C)(C)C1CC2CCN(C2)C1. The molecular formula is C11H21N. The van der Waals surface area contributed by atoms with Crippen LogP contribution in [0.25, 0.3) is 0 Å². The van der Waals surface area contributed by atoms with E-state index in [1.807, 2.05) is 0 Å². The maximum Gasteiger partial charge on any atom is 0.00149 e. The fourth-order valence-electron chi connectivity index (χ4n) is 2.69. The fraction of sp³-hybridized carbons (Fsp3) is 1.00. The van der Waals surface area contributed by atoms with Crippen molar-refractivity contribution in [3.05, 3.63) is 0 Å². The molecule has 2 bridgehead atoms. The van der Waals surface area contributed by atoms with Gasteiger partial charge < -0.3 is 4.90 Å². The molecule has 0 saturated carbocycles. The van der Waals surface area contributed by atoms with Crippen molar-refractivity contribution in [1.82, 2.24) is 4.90 Å². The summed E-state index contributed by atoms with van der Waals surface area (Å²) in [6, 6.07) is 0. The quantitative estimate of drug-likeness (QED) is 0.535. The Kier molecular flexibility index (Phi) is 1.95. The number of hydrogen-bond acceptors (Lipinski definition) is 1. The maximum absolute atomic E-state index is 2.66. The Hall–Kier alpha value is -0.0400. The molecule has 2 fully saturated rings. The van der Waals surface area contributed by atoms with Gasteiger partial charge in [-0.3, -0.25) is 0 Å². The van der Waals surface area contributed by atoms with E-state index in [9.17, 15) is 0 Å². The summed E-state index contributed by atoms with van der Waals surface area (Å²) in [6.45, 7) is 11.3. The lowest BCUT2D eigenvalue weighted by Crippen LogP contribution is -2.39. The van der Waals surface area contributed by atoms with Gasteiger partial charge >= 0.3 is 0 Å². The van der Waals surface area contributed by atoms with Crippen LogP contribution in [-0.2, 0) is 0 Å². The monoisotopic (exact) mass is 167 g/mol. The van der Waals surface area contributed by atoms with E-state index >= 15 is 0 Å². The molecule has 0 N–H and O–H groups in total. The third-order valence-electron chi connectivity index (χ3n) is 3.69. The summed E-state index contributed by atoms with van der Waals surface area (Å²) in [4.78, 5) is 2.66. The normalized spacial score (nSPS) is 41.8. The minimum absolute atomic E-state index is 0.529. The van der Waals surface area contributed by atoms with Crippen LogP contribution in [0.5, 0.6) is 0 Å². The standard InChI is InChI=1S/C11H21N/c1-11(2,3)10-6-9-4-5-12(7-9)8-10/h9-10H,4-8H2,1-3H3. The predicted molar refractivity (Wildman–Crippen MR) is 52.1 cm³/mol. The van der Waals surface area contributed by atoms with Crippen LogP contribution in [0, 0.1) is 17.3 Å². The summed E-state index contributed by atoms with van der Waals surface area (Å²) in [5.74, 6) is 1.97. The van der Waals surface area contributed by atoms with E-state index < -0.39 is 0 Å². The van der Waals surface area contributed by atoms with E-state index in [0.29, 0.717) is 5.41 Å². The van der Waals surface area contributed by atoms with Gasteiger partial charge in [0.05, 0.1) is 0 Å². The zero-order chi connectivity index (χ0) is 8.77. The molecule has 3 unspecified atom stereocenters. The molecule has 1 heteroatoms.